The molecule has 0 aromatic heterocycles. The molecule has 1 unspecified atom stereocenters. The van der Waals surface area contributed by atoms with Gasteiger partial charge in [-0.05, 0) is 80.8 Å². The predicted octanol–water partition coefficient (Wildman–Crippen LogP) is 4.19. The number of likely N-dealkylation sites (tertiary alicyclic amines) is 1. The van der Waals surface area contributed by atoms with Crippen molar-refractivity contribution >= 4 is 0 Å². The molecule has 1 saturated carbocycles. The third-order valence-corrected chi connectivity index (χ3v) is 7.39. The molecule has 1 heterocycles. The molecule has 2 nitrogen and oxygen atoms in total. The van der Waals surface area contributed by atoms with Crippen LogP contribution >= 0.6 is 0 Å². The standard InChI is InChI=1S/C25H32N2/c1-2-6-20(7-3-1)11-15-27-16-12-21(13-17-27)19-26-24-18-25(24)14-10-22-8-4-5-9-23(22)25/h1-9,21,24,26H,10-19H2/t24-,25?/m1/s1. The first kappa shape index (κ1) is 17.5. The van der Waals surface area contributed by atoms with Crippen molar-refractivity contribution in [3.05, 3.63) is 71.3 Å². The normalized spacial score (nSPS) is 27.8. The van der Waals surface area contributed by atoms with E-state index in [4.69, 9.17) is 0 Å². The highest BCUT2D eigenvalue weighted by Crippen LogP contribution is 2.56. The van der Waals surface area contributed by atoms with Gasteiger partial charge in [-0.3, -0.25) is 0 Å². The Labute approximate surface area is 164 Å². The Balaban J connectivity index is 1.05. The molecule has 5 rings (SSSR count). The van der Waals surface area contributed by atoms with E-state index in [2.05, 4.69) is 64.8 Å². The van der Waals surface area contributed by atoms with E-state index in [0.29, 0.717) is 5.41 Å². The van der Waals surface area contributed by atoms with Gasteiger partial charge in [0.25, 0.3) is 0 Å². The van der Waals surface area contributed by atoms with E-state index in [-0.39, 0.29) is 0 Å². The predicted molar refractivity (Wildman–Crippen MR) is 112 cm³/mol. The molecule has 1 N–H and O–H groups in total. The van der Waals surface area contributed by atoms with Gasteiger partial charge in [-0.25, -0.2) is 0 Å². The summed E-state index contributed by atoms with van der Waals surface area (Å²) in [5.41, 5.74) is 5.22. The fourth-order valence-electron chi connectivity index (χ4n) is 5.52. The maximum atomic E-state index is 3.95. The van der Waals surface area contributed by atoms with Crippen LogP contribution in [0.25, 0.3) is 0 Å². The van der Waals surface area contributed by atoms with Gasteiger partial charge in [0, 0.05) is 18.0 Å². The number of rotatable bonds is 6. The van der Waals surface area contributed by atoms with Crippen molar-refractivity contribution in [2.75, 3.05) is 26.2 Å². The first-order valence-corrected chi connectivity index (χ1v) is 10.9. The van der Waals surface area contributed by atoms with Gasteiger partial charge in [-0.1, -0.05) is 54.6 Å². The Bertz CT molecular complexity index is 763. The van der Waals surface area contributed by atoms with Gasteiger partial charge in [-0.2, -0.15) is 0 Å². The maximum Gasteiger partial charge on any atom is 0.0174 e. The molecule has 0 amide bonds. The van der Waals surface area contributed by atoms with Crippen LogP contribution in [0.3, 0.4) is 0 Å². The van der Waals surface area contributed by atoms with Crippen molar-refractivity contribution in [2.24, 2.45) is 5.92 Å². The summed E-state index contributed by atoms with van der Waals surface area (Å²) >= 11 is 0. The lowest BCUT2D eigenvalue weighted by Gasteiger charge is -2.32. The van der Waals surface area contributed by atoms with Crippen LogP contribution in [0.2, 0.25) is 0 Å². The largest absolute Gasteiger partial charge is 0.313 e. The fourth-order valence-corrected chi connectivity index (χ4v) is 5.52. The SMILES string of the molecule is c1ccc(CCN2CCC(CN[C@@H]3CC34CCc3ccccc34)CC2)cc1. The van der Waals surface area contributed by atoms with Gasteiger partial charge in [0.05, 0.1) is 0 Å². The molecule has 1 saturated heterocycles. The average molecular weight is 361 g/mol. The van der Waals surface area contributed by atoms with Crippen molar-refractivity contribution in [1.29, 1.82) is 0 Å². The second kappa shape index (κ2) is 7.41. The first-order chi connectivity index (χ1) is 13.3. The van der Waals surface area contributed by atoms with Crippen LogP contribution in [0.15, 0.2) is 54.6 Å². The summed E-state index contributed by atoms with van der Waals surface area (Å²) in [5, 5.41) is 3.95. The second-order valence-electron chi connectivity index (χ2n) is 9.00. The van der Waals surface area contributed by atoms with Crippen LogP contribution in [0.4, 0.5) is 0 Å². The van der Waals surface area contributed by atoms with E-state index in [9.17, 15) is 0 Å². The lowest BCUT2D eigenvalue weighted by Crippen LogP contribution is -2.39. The van der Waals surface area contributed by atoms with Crippen LogP contribution in [-0.2, 0) is 18.3 Å². The third-order valence-electron chi connectivity index (χ3n) is 7.39. The summed E-state index contributed by atoms with van der Waals surface area (Å²) in [7, 11) is 0. The number of nitrogens with zero attached hydrogens (tertiary/aromatic N) is 1. The van der Waals surface area contributed by atoms with Crippen LogP contribution in [0.1, 0.15) is 42.4 Å². The highest BCUT2D eigenvalue weighted by atomic mass is 15.1. The third kappa shape index (κ3) is 3.58. The topological polar surface area (TPSA) is 15.3 Å². The number of piperidine rings is 1. The molecular weight excluding hydrogens is 328 g/mol. The summed E-state index contributed by atoms with van der Waals surface area (Å²) in [6.07, 6.45) is 7.92. The molecule has 142 valence electrons. The zero-order valence-electron chi connectivity index (χ0n) is 16.4. The number of nitrogens with one attached hydrogen (secondary N) is 1. The minimum Gasteiger partial charge on any atom is -0.313 e. The molecule has 2 aliphatic carbocycles. The van der Waals surface area contributed by atoms with Crippen molar-refractivity contribution in [2.45, 2.75) is 50.0 Å². The summed E-state index contributed by atoms with van der Waals surface area (Å²) in [6.45, 7) is 4.99. The lowest BCUT2D eigenvalue weighted by atomic mass is 9.95. The van der Waals surface area contributed by atoms with E-state index in [1.54, 1.807) is 11.1 Å². The molecule has 2 atom stereocenters. The zero-order valence-corrected chi connectivity index (χ0v) is 16.4. The fraction of sp³-hybridized carbons (Fsp3) is 0.520. The monoisotopic (exact) mass is 360 g/mol. The summed E-state index contributed by atoms with van der Waals surface area (Å²) in [5.74, 6) is 0.868. The summed E-state index contributed by atoms with van der Waals surface area (Å²) < 4.78 is 0. The van der Waals surface area contributed by atoms with Crippen molar-refractivity contribution in [3.8, 4) is 0 Å². The van der Waals surface area contributed by atoms with Crippen LogP contribution in [0.5, 0.6) is 0 Å². The molecular formula is C25H32N2. The van der Waals surface area contributed by atoms with Crippen molar-refractivity contribution < 1.29 is 0 Å². The summed E-state index contributed by atoms with van der Waals surface area (Å²) in [4.78, 5) is 2.66. The van der Waals surface area contributed by atoms with E-state index in [1.165, 1.54) is 70.3 Å². The molecule has 1 spiro atoms. The number of aryl methyl sites for hydroxylation is 1. The van der Waals surface area contributed by atoms with Crippen LogP contribution in [-0.4, -0.2) is 37.1 Å². The molecule has 2 fully saturated rings. The molecule has 3 aliphatic rings. The van der Waals surface area contributed by atoms with E-state index in [0.717, 1.165) is 12.0 Å². The Morgan fingerprint density at radius 1 is 0.963 bits per heavy atom. The number of benzene rings is 2. The molecule has 2 aromatic rings. The van der Waals surface area contributed by atoms with Gasteiger partial charge in [-0.15, -0.1) is 0 Å². The molecule has 2 heteroatoms. The minimum absolute atomic E-state index is 0.493. The van der Waals surface area contributed by atoms with Gasteiger partial charge in [0.1, 0.15) is 0 Å². The Hall–Kier alpha value is -1.64. The van der Waals surface area contributed by atoms with Gasteiger partial charge in [0.15, 0.2) is 0 Å². The zero-order chi connectivity index (χ0) is 18.1. The second-order valence-corrected chi connectivity index (χ2v) is 9.00. The molecule has 2 aromatic carbocycles. The van der Waals surface area contributed by atoms with Gasteiger partial charge in [0.2, 0.25) is 0 Å². The van der Waals surface area contributed by atoms with Gasteiger partial charge >= 0.3 is 0 Å². The molecule has 27 heavy (non-hydrogen) atoms. The minimum atomic E-state index is 0.493. The van der Waals surface area contributed by atoms with Crippen molar-refractivity contribution in [1.82, 2.24) is 10.2 Å². The maximum absolute atomic E-state index is 3.95. The molecule has 1 aliphatic heterocycles. The lowest BCUT2D eigenvalue weighted by molar-refractivity contribution is 0.183. The Morgan fingerprint density at radius 2 is 1.74 bits per heavy atom. The number of hydrogen-bond acceptors (Lipinski definition) is 2. The highest BCUT2D eigenvalue weighted by Gasteiger charge is 2.57. The van der Waals surface area contributed by atoms with Gasteiger partial charge < -0.3 is 10.2 Å². The number of hydrogen-bond donors (Lipinski definition) is 1. The van der Waals surface area contributed by atoms with Crippen LogP contribution in [0, 0.1) is 5.92 Å². The smallest absolute Gasteiger partial charge is 0.0174 e. The number of fused-ring (bicyclic) bond motifs is 2. The Kier molecular flexibility index (Phi) is 4.79. The summed E-state index contributed by atoms with van der Waals surface area (Å²) in [6, 6.07) is 20.8. The first-order valence-electron chi connectivity index (χ1n) is 10.9. The van der Waals surface area contributed by atoms with Crippen LogP contribution < -0.4 is 5.32 Å². The van der Waals surface area contributed by atoms with E-state index >= 15 is 0 Å². The Morgan fingerprint density at radius 3 is 2.59 bits per heavy atom. The van der Waals surface area contributed by atoms with Crippen molar-refractivity contribution in [3.63, 3.8) is 0 Å². The quantitative estimate of drug-likeness (QED) is 0.831. The highest BCUT2D eigenvalue weighted by molar-refractivity contribution is 5.46. The average Bonchev–Trinajstić information content (AvgIpc) is 3.32. The van der Waals surface area contributed by atoms with E-state index in [1.807, 2.05) is 0 Å². The molecule has 0 radical (unpaired) electrons. The van der Waals surface area contributed by atoms with E-state index < -0.39 is 0 Å². The molecule has 0 bridgehead atoms.